The first-order valence-corrected chi connectivity index (χ1v) is 10.2. The molecule has 0 aliphatic heterocycles. The summed E-state index contributed by atoms with van der Waals surface area (Å²) in [5.41, 5.74) is 2.48. The maximum atomic E-state index is 5.26. The van der Waals surface area contributed by atoms with Gasteiger partial charge in [-0.2, -0.15) is 0 Å². The molecule has 0 saturated heterocycles. The van der Waals surface area contributed by atoms with Crippen LogP contribution in [0.25, 0.3) is 0 Å². The number of methoxy groups -OCH3 is 2. The average Bonchev–Trinajstić information content (AvgIpc) is 2.69. The van der Waals surface area contributed by atoms with Crippen LogP contribution in [0.1, 0.15) is 11.1 Å². The lowest BCUT2D eigenvalue weighted by molar-refractivity contribution is 0.413. The van der Waals surface area contributed by atoms with E-state index in [0.29, 0.717) is 0 Å². The third kappa shape index (κ3) is 6.03. The molecule has 0 unspecified atom stereocenters. The molecular weight excluding hydrogens is 422 g/mol. The van der Waals surface area contributed by atoms with Crippen LogP contribution in [0.2, 0.25) is 0 Å². The highest BCUT2D eigenvalue weighted by Crippen LogP contribution is 2.29. The maximum Gasteiger partial charge on any atom is 0.118 e. The van der Waals surface area contributed by atoms with Crippen LogP contribution in [0.3, 0.4) is 0 Å². The molecule has 3 nitrogen and oxygen atoms in total. The third-order valence-electron chi connectivity index (χ3n) is 4.07. The minimum absolute atomic E-state index is 0.827. The number of benzene rings is 3. The van der Waals surface area contributed by atoms with E-state index < -0.39 is 0 Å². The van der Waals surface area contributed by atoms with Gasteiger partial charge < -0.3 is 9.47 Å². The van der Waals surface area contributed by atoms with Crippen molar-refractivity contribution in [2.45, 2.75) is 18.0 Å². The van der Waals surface area contributed by atoms with Crippen LogP contribution in [0.5, 0.6) is 11.5 Å². The Kier molecular flexibility index (Phi) is 7.21. The van der Waals surface area contributed by atoms with Crippen LogP contribution in [-0.2, 0) is 13.1 Å². The second-order valence-electron chi connectivity index (χ2n) is 6.04. The minimum atomic E-state index is 0.827. The van der Waals surface area contributed by atoms with Gasteiger partial charge in [-0.25, -0.2) is 4.31 Å². The van der Waals surface area contributed by atoms with Crippen LogP contribution in [-0.4, -0.2) is 18.5 Å². The fraction of sp³-hybridized carbons (Fsp3) is 0.182. The van der Waals surface area contributed by atoms with Gasteiger partial charge in [-0.3, -0.25) is 0 Å². The lowest BCUT2D eigenvalue weighted by Gasteiger charge is -2.22. The molecule has 5 heteroatoms. The van der Waals surface area contributed by atoms with E-state index in [9.17, 15) is 0 Å². The largest absolute Gasteiger partial charge is 0.497 e. The Balaban J connectivity index is 1.77. The summed E-state index contributed by atoms with van der Waals surface area (Å²) in [6, 6.07) is 24.8. The highest BCUT2D eigenvalue weighted by atomic mass is 79.9. The number of halogens is 1. The minimum Gasteiger partial charge on any atom is -0.497 e. The van der Waals surface area contributed by atoms with Gasteiger partial charge in [0.25, 0.3) is 0 Å². The molecule has 0 spiro atoms. The molecule has 0 radical (unpaired) electrons. The van der Waals surface area contributed by atoms with E-state index in [0.717, 1.165) is 29.1 Å². The summed E-state index contributed by atoms with van der Waals surface area (Å²) in [6.45, 7) is 1.65. The van der Waals surface area contributed by atoms with Crippen LogP contribution >= 0.6 is 27.9 Å². The molecule has 0 aliphatic carbocycles. The number of hydrogen-bond donors (Lipinski definition) is 0. The Bertz CT molecular complexity index is 803. The zero-order chi connectivity index (χ0) is 19.1. The Morgan fingerprint density at radius 2 is 1.30 bits per heavy atom. The van der Waals surface area contributed by atoms with Crippen molar-refractivity contribution in [1.82, 2.24) is 4.31 Å². The van der Waals surface area contributed by atoms with Crippen molar-refractivity contribution in [3.8, 4) is 11.5 Å². The predicted molar refractivity (Wildman–Crippen MR) is 115 cm³/mol. The molecule has 3 aromatic rings. The lowest BCUT2D eigenvalue weighted by atomic mass is 10.2. The van der Waals surface area contributed by atoms with Gasteiger partial charge >= 0.3 is 0 Å². The van der Waals surface area contributed by atoms with E-state index in [2.05, 4.69) is 62.7 Å². The van der Waals surface area contributed by atoms with Gasteiger partial charge in [-0.15, -0.1) is 0 Å². The smallest absolute Gasteiger partial charge is 0.118 e. The highest BCUT2D eigenvalue weighted by molar-refractivity contribution is 9.10. The summed E-state index contributed by atoms with van der Waals surface area (Å²) in [7, 11) is 3.38. The Labute approximate surface area is 173 Å². The van der Waals surface area contributed by atoms with Crippen LogP contribution < -0.4 is 9.47 Å². The van der Waals surface area contributed by atoms with Crippen molar-refractivity contribution in [3.05, 3.63) is 88.4 Å². The van der Waals surface area contributed by atoms with Crippen LogP contribution in [0.15, 0.2) is 82.2 Å². The summed E-state index contributed by atoms with van der Waals surface area (Å²) in [5.74, 6) is 1.75. The first-order valence-electron chi connectivity index (χ1n) is 8.60. The van der Waals surface area contributed by atoms with Gasteiger partial charge in [-0.1, -0.05) is 46.3 Å². The van der Waals surface area contributed by atoms with Crippen molar-refractivity contribution in [2.24, 2.45) is 0 Å². The second-order valence-corrected chi connectivity index (χ2v) is 8.13. The van der Waals surface area contributed by atoms with Crippen LogP contribution in [0.4, 0.5) is 0 Å². The molecule has 0 amide bonds. The van der Waals surface area contributed by atoms with Crippen molar-refractivity contribution >= 4 is 27.9 Å². The van der Waals surface area contributed by atoms with E-state index in [-0.39, 0.29) is 0 Å². The molecule has 0 saturated carbocycles. The number of hydrogen-bond acceptors (Lipinski definition) is 4. The summed E-state index contributed by atoms with van der Waals surface area (Å²) in [5, 5.41) is 0. The zero-order valence-corrected chi connectivity index (χ0v) is 17.8. The molecule has 3 rings (SSSR count). The molecular formula is C22H22BrNO2S. The average molecular weight is 444 g/mol. The predicted octanol–water partition coefficient (Wildman–Crippen LogP) is 6.18. The molecule has 0 atom stereocenters. The first kappa shape index (κ1) is 19.8. The molecule has 0 aliphatic rings. The van der Waals surface area contributed by atoms with Crippen molar-refractivity contribution in [2.75, 3.05) is 14.2 Å². The topological polar surface area (TPSA) is 21.7 Å². The fourth-order valence-corrected chi connectivity index (χ4v) is 4.26. The molecule has 140 valence electrons. The molecule has 0 bridgehead atoms. The molecule has 0 heterocycles. The van der Waals surface area contributed by atoms with Gasteiger partial charge in [0.1, 0.15) is 11.5 Å². The Hall–Kier alpha value is -1.95. The SMILES string of the molecule is COc1ccc(CN(Cc2ccc(OC)cc2)Sc2cccc(Br)c2)cc1. The first-order chi connectivity index (χ1) is 13.2. The standard InChI is InChI=1S/C22H22BrNO2S/c1-25-20-10-6-17(7-11-20)15-24(27-22-5-3-4-19(23)14-22)16-18-8-12-21(26-2)13-9-18/h3-14H,15-16H2,1-2H3. The van der Waals surface area contributed by atoms with E-state index in [4.69, 9.17) is 9.47 Å². The Morgan fingerprint density at radius 3 is 1.74 bits per heavy atom. The monoisotopic (exact) mass is 443 g/mol. The number of rotatable bonds is 8. The summed E-state index contributed by atoms with van der Waals surface area (Å²) in [4.78, 5) is 1.20. The van der Waals surface area contributed by atoms with Crippen LogP contribution in [0, 0.1) is 0 Å². The Morgan fingerprint density at radius 1 is 0.778 bits per heavy atom. The fourth-order valence-electron chi connectivity index (χ4n) is 2.66. The normalized spacial score (nSPS) is 10.8. The van der Waals surface area contributed by atoms with E-state index in [1.165, 1.54) is 16.0 Å². The van der Waals surface area contributed by atoms with Gasteiger partial charge in [0.05, 0.1) is 14.2 Å². The van der Waals surface area contributed by atoms with Gasteiger partial charge in [0.15, 0.2) is 0 Å². The van der Waals surface area contributed by atoms with E-state index >= 15 is 0 Å². The lowest BCUT2D eigenvalue weighted by Crippen LogP contribution is -2.15. The van der Waals surface area contributed by atoms with E-state index in [1.807, 2.05) is 30.3 Å². The quantitative estimate of drug-likeness (QED) is 0.387. The van der Waals surface area contributed by atoms with Crippen molar-refractivity contribution in [1.29, 1.82) is 0 Å². The number of ether oxygens (including phenoxy) is 2. The molecule has 0 fully saturated rings. The number of nitrogens with zero attached hydrogens (tertiary/aromatic N) is 1. The van der Waals surface area contributed by atoms with Crippen molar-refractivity contribution in [3.63, 3.8) is 0 Å². The molecule has 0 N–H and O–H groups in total. The molecule has 27 heavy (non-hydrogen) atoms. The third-order valence-corrected chi connectivity index (χ3v) is 5.54. The molecule has 0 aromatic heterocycles. The zero-order valence-electron chi connectivity index (χ0n) is 15.4. The van der Waals surface area contributed by atoms with Gasteiger partial charge in [0, 0.05) is 22.5 Å². The van der Waals surface area contributed by atoms with E-state index in [1.54, 1.807) is 26.2 Å². The summed E-state index contributed by atoms with van der Waals surface area (Å²) in [6.07, 6.45) is 0. The summed E-state index contributed by atoms with van der Waals surface area (Å²) >= 11 is 5.31. The summed E-state index contributed by atoms with van der Waals surface area (Å²) < 4.78 is 14.0. The highest BCUT2D eigenvalue weighted by Gasteiger charge is 2.10. The second kappa shape index (κ2) is 9.83. The van der Waals surface area contributed by atoms with Gasteiger partial charge in [0.2, 0.25) is 0 Å². The van der Waals surface area contributed by atoms with Crippen molar-refractivity contribution < 1.29 is 9.47 Å². The maximum absolute atomic E-state index is 5.26. The molecule has 3 aromatic carbocycles. The van der Waals surface area contributed by atoms with Gasteiger partial charge in [-0.05, 0) is 65.5 Å².